The summed E-state index contributed by atoms with van der Waals surface area (Å²) in [7, 11) is 0. The van der Waals surface area contributed by atoms with Crippen LogP contribution in [0.3, 0.4) is 0 Å². The molecule has 0 heterocycles. The van der Waals surface area contributed by atoms with Crippen molar-refractivity contribution in [2.75, 3.05) is 6.54 Å². The highest BCUT2D eigenvalue weighted by Gasteiger charge is 2.15. The summed E-state index contributed by atoms with van der Waals surface area (Å²) in [5, 5.41) is 4.44. The molecular weight excluding hydrogens is 266 g/mol. The topological polar surface area (TPSA) is 12.0 Å². The lowest BCUT2D eigenvalue weighted by atomic mass is 9.94. The summed E-state index contributed by atoms with van der Waals surface area (Å²) in [6.07, 6.45) is 1.11. The van der Waals surface area contributed by atoms with E-state index in [1.807, 2.05) is 6.07 Å². The Bertz CT molecular complexity index is 557. The van der Waals surface area contributed by atoms with Crippen LogP contribution < -0.4 is 5.32 Å². The predicted molar refractivity (Wildman–Crippen MR) is 87.5 cm³/mol. The molecular formula is C18H22ClN. The van der Waals surface area contributed by atoms with Gasteiger partial charge >= 0.3 is 0 Å². The summed E-state index contributed by atoms with van der Waals surface area (Å²) < 4.78 is 0. The van der Waals surface area contributed by atoms with Crippen molar-refractivity contribution in [3.63, 3.8) is 0 Å². The van der Waals surface area contributed by atoms with Gasteiger partial charge in [0.1, 0.15) is 0 Å². The van der Waals surface area contributed by atoms with Gasteiger partial charge in [-0.15, -0.1) is 0 Å². The zero-order valence-electron chi connectivity index (χ0n) is 12.4. The molecule has 1 unspecified atom stereocenters. The molecule has 0 radical (unpaired) electrons. The van der Waals surface area contributed by atoms with Crippen LogP contribution in [0.4, 0.5) is 0 Å². The van der Waals surface area contributed by atoms with Crippen molar-refractivity contribution < 1.29 is 0 Å². The third-order valence-electron chi connectivity index (χ3n) is 3.50. The van der Waals surface area contributed by atoms with Crippen LogP contribution in [0.5, 0.6) is 0 Å². The molecule has 0 bridgehead atoms. The molecule has 106 valence electrons. The maximum absolute atomic E-state index is 6.23. The minimum atomic E-state index is 0.202. The van der Waals surface area contributed by atoms with Gasteiger partial charge in [0.05, 0.1) is 6.04 Å². The van der Waals surface area contributed by atoms with Crippen molar-refractivity contribution >= 4 is 11.6 Å². The average molecular weight is 288 g/mol. The van der Waals surface area contributed by atoms with Crippen molar-refractivity contribution in [1.82, 2.24) is 5.32 Å². The molecule has 2 aromatic rings. The van der Waals surface area contributed by atoms with E-state index in [1.54, 1.807) is 0 Å². The molecule has 1 nitrogen and oxygen atoms in total. The van der Waals surface area contributed by atoms with Crippen LogP contribution in [-0.4, -0.2) is 6.54 Å². The van der Waals surface area contributed by atoms with Crippen LogP contribution >= 0.6 is 11.6 Å². The minimum absolute atomic E-state index is 0.202. The van der Waals surface area contributed by atoms with E-state index in [4.69, 9.17) is 11.6 Å². The molecule has 0 amide bonds. The standard InChI is InChI=1S/C18H22ClN/c1-4-9-20-18(17-8-6-5-7-14(17)3)15-10-13(2)11-16(19)12-15/h5-8,10-12,18,20H,4,9H2,1-3H3. The van der Waals surface area contributed by atoms with E-state index in [0.29, 0.717) is 0 Å². The quantitative estimate of drug-likeness (QED) is 0.812. The molecule has 20 heavy (non-hydrogen) atoms. The number of hydrogen-bond acceptors (Lipinski definition) is 1. The van der Waals surface area contributed by atoms with E-state index in [9.17, 15) is 0 Å². The van der Waals surface area contributed by atoms with Gasteiger partial charge in [0.25, 0.3) is 0 Å². The van der Waals surface area contributed by atoms with Gasteiger partial charge in [-0.1, -0.05) is 48.9 Å². The molecule has 2 aromatic carbocycles. The second kappa shape index (κ2) is 6.92. The Morgan fingerprint density at radius 1 is 1.10 bits per heavy atom. The van der Waals surface area contributed by atoms with E-state index in [1.165, 1.54) is 22.3 Å². The van der Waals surface area contributed by atoms with Crippen LogP contribution in [0, 0.1) is 13.8 Å². The number of nitrogens with one attached hydrogen (secondary N) is 1. The fourth-order valence-corrected chi connectivity index (χ4v) is 2.84. The maximum atomic E-state index is 6.23. The molecule has 0 saturated heterocycles. The van der Waals surface area contributed by atoms with Gasteiger partial charge in [-0.25, -0.2) is 0 Å². The summed E-state index contributed by atoms with van der Waals surface area (Å²) in [6, 6.07) is 15.0. The van der Waals surface area contributed by atoms with Crippen LogP contribution in [0.25, 0.3) is 0 Å². The van der Waals surface area contributed by atoms with Crippen LogP contribution in [0.2, 0.25) is 5.02 Å². The van der Waals surface area contributed by atoms with Gasteiger partial charge in [-0.3, -0.25) is 0 Å². The summed E-state index contributed by atoms with van der Waals surface area (Å²) in [5.74, 6) is 0. The number of benzene rings is 2. The van der Waals surface area contributed by atoms with Gasteiger partial charge in [-0.2, -0.15) is 0 Å². The lowest BCUT2D eigenvalue weighted by Crippen LogP contribution is -2.24. The molecule has 1 N–H and O–H groups in total. The van der Waals surface area contributed by atoms with E-state index in [2.05, 4.69) is 62.5 Å². The summed E-state index contributed by atoms with van der Waals surface area (Å²) in [6.45, 7) is 7.42. The first-order valence-corrected chi connectivity index (χ1v) is 7.55. The second-order valence-electron chi connectivity index (χ2n) is 5.31. The summed E-state index contributed by atoms with van der Waals surface area (Å²) in [5.41, 5.74) is 5.06. The monoisotopic (exact) mass is 287 g/mol. The van der Waals surface area contributed by atoms with Crippen molar-refractivity contribution in [3.05, 3.63) is 69.7 Å². The third kappa shape index (κ3) is 3.62. The first-order chi connectivity index (χ1) is 9.61. The smallest absolute Gasteiger partial charge is 0.0579 e. The highest BCUT2D eigenvalue weighted by molar-refractivity contribution is 6.30. The predicted octanol–water partition coefficient (Wildman–Crippen LogP) is 5.05. The molecule has 0 aromatic heterocycles. The molecule has 2 rings (SSSR count). The fourth-order valence-electron chi connectivity index (χ4n) is 2.54. The van der Waals surface area contributed by atoms with E-state index in [-0.39, 0.29) is 6.04 Å². The van der Waals surface area contributed by atoms with Gasteiger partial charge in [-0.05, 0) is 61.2 Å². The molecule has 0 fully saturated rings. The molecule has 0 spiro atoms. The first-order valence-electron chi connectivity index (χ1n) is 7.18. The van der Waals surface area contributed by atoms with E-state index >= 15 is 0 Å². The highest BCUT2D eigenvalue weighted by atomic mass is 35.5. The minimum Gasteiger partial charge on any atom is -0.306 e. The number of hydrogen-bond donors (Lipinski definition) is 1. The number of rotatable bonds is 5. The van der Waals surface area contributed by atoms with E-state index in [0.717, 1.165) is 18.0 Å². The molecule has 0 aliphatic carbocycles. The van der Waals surface area contributed by atoms with Gasteiger partial charge in [0.15, 0.2) is 0 Å². The Labute approximate surface area is 127 Å². The fraction of sp³-hybridized carbons (Fsp3) is 0.333. The third-order valence-corrected chi connectivity index (χ3v) is 3.71. The Kier molecular flexibility index (Phi) is 5.22. The Morgan fingerprint density at radius 2 is 1.85 bits per heavy atom. The molecule has 0 aliphatic heterocycles. The Balaban J connectivity index is 2.44. The van der Waals surface area contributed by atoms with Crippen molar-refractivity contribution in [2.45, 2.75) is 33.2 Å². The number of aryl methyl sites for hydroxylation is 2. The zero-order chi connectivity index (χ0) is 14.5. The summed E-state index contributed by atoms with van der Waals surface area (Å²) >= 11 is 6.23. The average Bonchev–Trinajstić information content (AvgIpc) is 2.40. The molecule has 2 heteroatoms. The normalized spacial score (nSPS) is 12.4. The van der Waals surface area contributed by atoms with Gasteiger partial charge in [0, 0.05) is 5.02 Å². The molecule has 0 aliphatic rings. The number of halogens is 1. The van der Waals surface area contributed by atoms with Crippen LogP contribution in [-0.2, 0) is 0 Å². The van der Waals surface area contributed by atoms with Crippen LogP contribution in [0.15, 0.2) is 42.5 Å². The Morgan fingerprint density at radius 3 is 2.50 bits per heavy atom. The van der Waals surface area contributed by atoms with Gasteiger partial charge in [0.2, 0.25) is 0 Å². The lowest BCUT2D eigenvalue weighted by molar-refractivity contribution is 0.596. The summed E-state index contributed by atoms with van der Waals surface area (Å²) in [4.78, 5) is 0. The zero-order valence-corrected chi connectivity index (χ0v) is 13.2. The molecule has 1 atom stereocenters. The lowest BCUT2D eigenvalue weighted by Gasteiger charge is -2.22. The Hall–Kier alpha value is -1.31. The van der Waals surface area contributed by atoms with E-state index < -0.39 is 0 Å². The second-order valence-corrected chi connectivity index (χ2v) is 5.74. The van der Waals surface area contributed by atoms with Crippen molar-refractivity contribution in [2.24, 2.45) is 0 Å². The van der Waals surface area contributed by atoms with Crippen LogP contribution in [0.1, 0.15) is 41.6 Å². The van der Waals surface area contributed by atoms with Crippen molar-refractivity contribution in [3.8, 4) is 0 Å². The van der Waals surface area contributed by atoms with Gasteiger partial charge < -0.3 is 5.32 Å². The van der Waals surface area contributed by atoms with Crippen molar-refractivity contribution in [1.29, 1.82) is 0 Å². The largest absolute Gasteiger partial charge is 0.306 e. The maximum Gasteiger partial charge on any atom is 0.0579 e. The molecule has 0 saturated carbocycles. The SMILES string of the molecule is CCCNC(c1cc(C)cc(Cl)c1)c1ccccc1C. The first kappa shape index (κ1) is 15.1. The highest BCUT2D eigenvalue weighted by Crippen LogP contribution is 2.27.